The molecule has 1 unspecified atom stereocenters. The fourth-order valence-corrected chi connectivity index (χ4v) is 3.85. The summed E-state index contributed by atoms with van der Waals surface area (Å²) < 4.78 is 14.3. The summed E-state index contributed by atoms with van der Waals surface area (Å²) in [5, 5.41) is 3.09. The Morgan fingerprint density at radius 3 is 2.56 bits per heavy atom. The molecule has 0 saturated carbocycles. The quantitative estimate of drug-likeness (QED) is 0.726. The van der Waals surface area contributed by atoms with Crippen LogP contribution in [-0.2, 0) is 4.79 Å². The van der Waals surface area contributed by atoms with Gasteiger partial charge in [0.15, 0.2) is 0 Å². The fraction of sp³-hybridized carbons (Fsp3) is 0.316. The highest BCUT2D eigenvalue weighted by Gasteiger charge is 2.22. The smallest absolute Gasteiger partial charge is 0.237 e. The van der Waals surface area contributed by atoms with Crippen LogP contribution in [0.5, 0.6) is 0 Å². The molecule has 0 bridgehead atoms. The standard InChI is InChI=1S/C19H20ClFN2OS/c1-13(25-15-9-7-14(20)8-10-15)19(24)22-18-16(21)5-4-6-17(18)23-11-2-3-12-23/h4-10,13H,2-3,11-12H2,1H3,(H,22,24). The van der Waals surface area contributed by atoms with Crippen molar-refractivity contribution in [3.8, 4) is 0 Å². The lowest BCUT2D eigenvalue weighted by molar-refractivity contribution is -0.115. The summed E-state index contributed by atoms with van der Waals surface area (Å²) in [5.41, 5.74) is 1.03. The Hall–Kier alpha value is -1.72. The summed E-state index contributed by atoms with van der Waals surface area (Å²) in [6, 6.07) is 12.2. The minimum Gasteiger partial charge on any atom is -0.370 e. The maximum Gasteiger partial charge on any atom is 0.237 e. The summed E-state index contributed by atoms with van der Waals surface area (Å²) in [4.78, 5) is 15.6. The van der Waals surface area contributed by atoms with Crippen LogP contribution in [0.2, 0.25) is 5.02 Å². The zero-order chi connectivity index (χ0) is 17.8. The van der Waals surface area contributed by atoms with Gasteiger partial charge < -0.3 is 10.2 Å². The number of carbonyl (C=O) groups excluding carboxylic acids is 1. The number of para-hydroxylation sites is 1. The number of carbonyl (C=O) groups is 1. The summed E-state index contributed by atoms with van der Waals surface area (Å²) in [6.45, 7) is 3.59. The number of nitrogens with one attached hydrogen (secondary N) is 1. The van der Waals surface area contributed by atoms with Crippen molar-refractivity contribution in [3.63, 3.8) is 0 Å². The van der Waals surface area contributed by atoms with Crippen molar-refractivity contribution >= 4 is 40.6 Å². The predicted octanol–water partition coefficient (Wildman–Crippen LogP) is 5.20. The third-order valence-corrected chi connectivity index (χ3v) is 5.55. The van der Waals surface area contributed by atoms with Crippen LogP contribution in [-0.4, -0.2) is 24.2 Å². The number of amides is 1. The molecule has 3 rings (SSSR count). The summed E-state index contributed by atoms with van der Waals surface area (Å²) in [6.07, 6.45) is 2.18. The van der Waals surface area contributed by atoms with Gasteiger partial charge in [-0.2, -0.15) is 0 Å². The highest BCUT2D eigenvalue weighted by Crippen LogP contribution is 2.32. The Morgan fingerprint density at radius 1 is 1.20 bits per heavy atom. The number of halogens is 2. The molecule has 2 aromatic carbocycles. The molecule has 0 spiro atoms. The molecule has 1 N–H and O–H groups in total. The van der Waals surface area contributed by atoms with Gasteiger partial charge in [0, 0.05) is 23.0 Å². The van der Waals surface area contributed by atoms with Crippen LogP contribution in [0, 0.1) is 5.82 Å². The molecular formula is C19H20ClFN2OS. The van der Waals surface area contributed by atoms with Gasteiger partial charge in [0.05, 0.1) is 10.9 Å². The molecular weight excluding hydrogens is 359 g/mol. The Balaban J connectivity index is 1.72. The van der Waals surface area contributed by atoms with Crippen molar-refractivity contribution in [2.24, 2.45) is 0 Å². The van der Waals surface area contributed by atoms with E-state index >= 15 is 0 Å². The van der Waals surface area contributed by atoms with E-state index < -0.39 is 5.82 Å². The highest BCUT2D eigenvalue weighted by atomic mass is 35.5. The van der Waals surface area contributed by atoms with Gasteiger partial charge in [-0.3, -0.25) is 4.79 Å². The van der Waals surface area contributed by atoms with Crippen LogP contribution in [0.4, 0.5) is 15.8 Å². The average Bonchev–Trinajstić information content (AvgIpc) is 3.13. The molecule has 0 aliphatic carbocycles. The third-order valence-electron chi connectivity index (χ3n) is 4.18. The average molecular weight is 379 g/mol. The van der Waals surface area contributed by atoms with Gasteiger partial charge in [0.1, 0.15) is 11.5 Å². The second-order valence-corrected chi connectivity index (χ2v) is 7.88. The van der Waals surface area contributed by atoms with E-state index in [0.717, 1.165) is 36.5 Å². The minimum atomic E-state index is -0.401. The maximum absolute atomic E-state index is 14.3. The van der Waals surface area contributed by atoms with E-state index in [4.69, 9.17) is 11.6 Å². The minimum absolute atomic E-state index is 0.217. The van der Waals surface area contributed by atoms with Crippen molar-refractivity contribution in [1.29, 1.82) is 0 Å². The molecule has 1 aliphatic rings. The maximum atomic E-state index is 14.3. The van der Waals surface area contributed by atoms with E-state index in [-0.39, 0.29) is 16.8 Å². The van der Waals surface area contributed by atoms with Gasteiger partial charge >= 0.3 is 0 Å². The topological polar surface area (TPSA) is 32.3 Å². The van der Waals surface area contributed by atoms with Crippen LogP contribution < -0.4 is 10.2 Å². The molecule has 1 heterocycles. The lowest BCUT2D eigenvalue weighted by Gasteiger charge is -2.22. The van der Waals surface area contributed by atoms with Crippen LogP contribution in [0.3, 0.4) is 0 Å². The first-order valence-corrected chi connectivity index (χ1v) is 9.57. The van der Waals surface area contributed by atoms with E-state index in [9.17, 15) is 9.18 Å². The fourth-order valence-electron chi connectivity index (χ4n) is 2.85. The van der Waals surface area contributed by atoms with Gasteiger partial charge in [-0.25, -0.2) is 4.39 Å². The Kier molecular flexibility index (Phi) is 5.86. The predicted molar refractivity (Wildman–Crippen MR) is 103 cm³/mol. The largest absolute Gasteiger partial charge is 0.370 e. The van der Waals surface area contributed by atoms with Crippen LogP contribution in [0.25, 0.3) is 0 Å². The summed E-state index contributed by atoms with van der Waals surface area (Å²) >= 11 is 7.30. The zero-order valence-electron chi connectivity index (χ0n) is 14.0. The molecule has 1 aliphatic heterocycles. The molecule has 0 radical (unpaired) electrons. The first-order valence-electron chi connectivity index (χ1n) is 8.31. The molecule has 0 aromatic heterocycles. The molecule has 6 heteroatoms. The van der Waals surface area contributed by atoms with Gasteiger partial charge in [-0.05, 0) is 56.2 Å². The normalized spacial score (nSPS) is 15.2. The number of thioether (sulfide) groups is 1. The number of benzene rings is 2. The Labute approximate surface area is 156 Å². The van der Waals surface area contributed by atoms with Crippen LogP contribution in [0.15, 0.2) is 47.4 Å². The molecule has 1 fully saturated rings. The van der Waals surface area contributed by atoms with Gasteiger partial charge in [-0.15, -0.1) is 11.8 Å². The number of anilines is 2. The van der Waals surface area contributed by atoms with Crippen molar-refractivity contribution in [2.75, 3.05) is 23.3 Å². The number of hydrogen-bond donors (Lipinski definition) is 1. The van der Waals surface area contributed by atoms with E-state index in [1.165, 1.54) is 17.8 Å². The molecule has 25 heavy (non-hydrogen) atoms. The van der Waals surface area contributed by atoms with Crippen molar-refractivity contribution < 1.29 is 9.18 Å². The van der Waals surface area contributed by atoms with Gasteiger partial charge in [0.2, 0.25) is 5.91 Å². The molecule has 1 atom stereocenters. The number of nitrogens with zero attached hydrogens (tertiary/aromatic N) is 1. The van der Waals surface area contributed by atoms with E-state index in [1.54, 1.807) is 18.2 Å². The van der Waals surface area contributed by atoms with E-state index in [2.05, 4.69) is 10.2 Å². The molecule has 1 amide bonds. The number of hydrogen-bond acceptors (Lipinski definition) is 3. The van der Waals surface area contributed by atoms with Crippen LogP contribution in [0.1, 0.15) is 19.8 Å². The summed E-state index contributed by atoms with van der Waals surface area (Å²) in [5.74, 6) is -0.619. The first-order chi connectivity index (χ1) is 12.0. The van der Waals surface area contributed by atoms with E-state index in [1.807, 2.05) is 25.1 Å². The van der Waals surface area contributed by atoms with Gasteiger partial charge in [-0.1, -0.05) is 17.7 Å². The van der Waals surface area contributed by atoms with Crippen LogP contribution >= 0.6 is 23.4 Å². The van der Waals surface area contributed by atoms with E-state index in [0.29, 0.717) is 5.02 Å². The molecule has 3 nitrogen and oxygen atoms in total. The monoisotopic (exact) mass is 378 g/mol. The second kappa shape index (κ2) is 8.11. The van der Waals surface area contributed by atoms with Gasteiger partial charge in [0.25, 0.3) is 0 Å². The molecule has 2 aromatic rings. The Morgan fingerprint density at radius 2 is 1.88 bits per heavy atom. The van der Waals surface area contributed by atoms with Crippen molar-refractivity contribution in [1.82, 2.24) is 0 Å². The summed E-state index contributed by atoms with van der Waals surface area (Å²) in [7, 11) is 0. The first kappa shape index (κ1) is 18.1. The SMILES string of the molecule is CC(Sc1ccc(Cl)cc1)C(=O)Nc1c(F)cccc1N1CCCC1. The second-order valence-electron chi connectivity index (χ2n) is 6.03. The third kappa shape index (κ3) is 4.47. The van der Waals surface area contributed by atoms with Crippen molar-refractivity contribution in [3.05, 3.63) is 53.3 Å². The molecule has 132 valence electrons. The Bertz CT molecular complexity index is 748. The number of rotatable bonds is 5. The lowest BCUT2D eigenvalue weighted by atomic mass is 10.2. The van der Waals surface area contributed by atoms with Crippen molar-refractivity contribution in [2.45, 2.75) is 29.9 Å². The lowest BCUT2D eigenvalue weighted by Crippen LogP contribution is -2.26. The molecule has 1 saturated heterocycles. The highest BCUT2D eigenvalue weighted by molar-refractivity contribution is 8.00. The zero-order valence-corrected chi connectivity index (χ0v) is 15.5.